The molecule has 1 saturated carbocycles. The number of carbonyl (C=O) groups excluding carboxylic acids is 1. The summed E-state index contributed by atoms with van der Waals surface area (Å²) >= 11 is 0. The molecule has 266 valence electrons. The van der Waals surface area contributed by atoms with Crippen molar-refractivity contribution in [3.8, 4) is 0 Å². The van der Waals surface area contributed by atoms with Crippen molar-refractivity contribution in [2.24, 2.45) is 17.4 Å². The van der Waals surface area contributed by atoms with E-state index in [-0.39, 0.29) is 36.8 Å². The summed E-state index contributed by atoms with van der Waals surface area (Å²) in [6, 6.07) is 15.5. The first-order valence-corrected chi connectivity index (χ1v) is 17.4. The zero-order chi connectivity index (χ0) is 33.5. The van der Waals surface area contributed by atoms with Gasteiger partial charge < -0.3 is 31.9 Å². The third-order valence-electron chi connectivity index (χ3n) is 9.50. The van der Waals surface area contributed by atoms with Crippen LogP contribution in [0.25, 0.3) is 0 Å². The highest BCUT2D eigenvalue weighted by atomic mass is 35.5. The van der Waals surface area contributed by atoms with Gasteiger partial charge in [-0.1, -0.05) is 56.7 Å². The van der Waals surface area contributed by atoms with E-state index >= 15 is 0 Å². The maximum atomic E-state index is 13.6. The van der Waals surface area contributed by atoms with Gasteiger partial charge in [-0.2, -0.15) is 0 Å². The van der Waals surface area contributed by atoms with Crippen LogP contribution in [0.2, 0.25) is 0 Å². The van der Waals surface area contributed by atoms with Crippen LogP contribution >= 0.6 is 12.4 Å². The number of benzene rings is 2. The monoisotopic (exact) mass is 678 g/mol. The molecule has 0 aromatic heterocycles. The Kier molecular flexibility index (Phi) is 19.0. The minimum atomic E-state index is -0.915. The molecule has 0 spiro atoms. The van der Waals surface area contributed by atoms with Gasteiger partial charge >= 0.3 is 0 Å². The zero-order valence-corrected chi connectivity index (χ0v) is 29.9. The minimum absolute atomic E-state index is 0. The number of amides is 1. The molecule has 3 atom stereocenters. The summed E-state index contributed by atoms with van der Waals surface area (Å²) in [7, 11) is 4.07. The normalized spacial score (nSPS) is 18.5. The van der Waals surface area contributed by atoms with Crippen LogP contribution in [0, 0.1) is 17.6 Å². The second-order valence-electron chi connectivity index (χ2n) is 13.9. The van der Waals surface area contributed by atoms with Crippen LogP contribution in [0.1, 0.15) is 76.3 Å². The molecular formula is C37H61ClF2N6O. The SMILES string of the molecule is CC(C)CC(CNC(CCCCN)CN(C)C1CCC(N(C)C(=O)Cc2ccc(F)c(F)c2)CC1)NCC(N)Cc1ccccc1.Cl. The van der Waals surface area contributed by atoms with E-state index < -0.39 is 11.6 Å². The minimum Gasteiger partial charge on any atom is -0.342 e. The van der Waals surface area contributed by atoms with Gasteiger partial charge in [-0.15, -0.1) is 12.4 Å². The number of halogens is 3. The fourth-order valence-corrected chi connectivity index (χ4v) is 6.75. The van der Waals surface area contributed by atoms with Crippen molar-refractivity contribution >= 4 is 18.3 Å². The first-order chi connectivity index (χ1) is 22.0. The standard InChI is InChI=1S/C37H60F2N6O.ClH/c1-27(2)20-32(42-24-30(41)21-28-10-6-5-7-11-28)25-43-31(12-8-9-19-40)26-44(3)33-14-16-34(17-15-33)45(4)37(46)23-29-13-18-35(38)36(39)22-29;/h5-7,10-11,13,18,22,27,30-34,42-43H,8-9,12,14-17,19-21,23-26,40-41H2,1-4H3;1H. The number of carbonyl (C=O) groups is 1. The molecule has 7 nitrogen and oxygen atoms in total. The van der Waals surface area contributed by atoms with Crippen LogP contribution in [-0.2, 0) is 17.6 Å². The summed E-state index contributed by atoms with van der Waals surface area (Å²) in [5.41, 5.74) is 14.1. The Morgan fingerprint density at radius 1 is 0.894 bits per heavy atom. The van der Waals surface area contributed by atoms with Crippen molar-refractivity contribution in [1.82, 2.24) is 20.4 Å². The number of nitrogens with one attached hydrogen (secondary N) is 2. The molecule has 1 fully saturated rings. The van der Waals surface area contributed by atoms with Crippen molar-refractivity contribution in [2.75, 3.05) is 40.3 Å². The van der Waals surface area contributed by atoms with Crippen molar-refractivity contribution < 1.29 is 13.6 Å². The fraction of sp³-hybridized carbons (Fsp3) is 0.649. The average molecular weight is 679 g/mol. The predicted molar refractivity (Wildman–Crippen MR) is 193 cm³/mol. The largest absolute Gasteiger partial charge is 0.342 e. The molecule has 1 amide bonds. The molecule has 1 aliphatic rings. The quantitative estimate of drug-likeness (QED) is 0.142. The zero-order valence-electron chi connectivity index (χ0n) is 29.1. The number of nitrogens with zero attached hydrogens (tertiary/aromatic N) is 2. The van der Waals surface area contributed by atoms with E-state index in [0.29, 0.717) is 36.2 Å². The summed E-state index contributed by atoms with van der Waals surface area (Å²) in [6.07, 6.45) is 9.16. The van der Waals surface area contributed by atoms with Gasteiger partial charge in [0.25, 0.3) is 0 Å². The molecule has 0 radical (unpaired) electrons. The van der Waals surface area contributed by atoms with Gasteiger partial charge in [-0.05, 0) is 94.1 Å². The summed E-state index contributed by atoms with van der Waals surface area (Å²) < 4.78 is 26.9. The highest BCUT2D eigenvalue weighted by molar-refractivity contribution is 5.85. The van der Waals surface area contributed by atoms with E-state index in [1.54, 1.807) is 0 Å². The van der Waals surface area contributed by atoms with Gasteiger partial charge in [0, 0.05) is 56.9 Å². The molecule has 0 saturated heterocycles. The molecule has 47 heavy (non-hydrogen) atoms. The topological polar surface area (TPSA) is 99.6 Å². The lowest BCUT2D eigenvalue weighted by Gasteiger charge is -2.39. The number of hydrogen-bond acceptors (Lipinski definition) is 6. The van der Waals surface area contributed by atoms with E-state index in [1.807, 2.05) is 18.0 Å². The lowest BCUT2D eigenvalue weighted by molar-refractivity contribution is -0.132. The fourth-order valence-electron chi connectivity index (χ4n) is 6.75. The van der Waals surface area contributed by atoms with Gasteiger partial charge in [0.05, 0.1) is 6.42 Å². The number of unbranched alkanes of at least 4 members (excludes halogenated alkanes) is 1. The summed E-state index contributed by atoms with van der Waals surface area (Å²) in [5.74, 6) is -1.28. The Labute approximate surface area is 289 Å². The van der Waals surface area contributed by atoms with Crippen LogP contribution in [0.3, 0.4) is 0 Å². The molecule has 3 rings (SSSR count). The van der Waals surface area contributed by atoms with E-state index in [2.05, 4.69) is 60.7 Å². The number of rotatable bonds is 20. The molecule has 2 aromatic rings. The lowest BCUT2D eigenvalue weighted by atomic mass is 9.89. The molecule has 0 heterocycles. The van der Waals surface area contributed by atoms with Crippen LogP contribution in [0.5, 0.6) is 0 Å². The van der Waals surface area contributed by atoms with Crippen molar-refractivity contribution in [2.45, 2.75) is 108 Å². The second-order valence-corrected chi connectivity index (χ2v) is 13.9. The number of hydrogen-bond donors (Lipinski definition) is 4. The first-order valence-electron chi connectivity index (χ1n) is 17.4. The summed E-state index contributed by atoms with van der Waals surface area (Å²) in [6.45, 7) is 7.91. The molecular weight excluding hydrogens is 618 g/mol. The van der Waals surface area contributed by atoms with Gasteiger partial charge in [0.2, 0.25) is 5.91 Å². The van der Waals surface area contributed by atoms with Crippen LogP contribution in [-0.4, -0.2) is 86.2 Å². The van der Waals surface area contributed by atoms with Crippen LogP contribution < -0.4 is 22.1 Å². The smallest absolute Gasteiger partial charge is 0.226 e. The molecule has 1 aliphatic carbocycles. The average Bonchev–Trinajstić information content (AvgIpc) is 3.03. The van der Waals surface area contributed by atoms with Crippen molar-refractivity contribution in [3.63, 3.8) is 0 Å². The van der Waals surface area contributed by atoms with Crippen molar-refractivity contribution in [3.05, 3.63) is 71.3 Å². The highest BCUT2D eigenvalue weighted by Gasteiger charge is 2.29. The Balaban J connectivity index is 0.00000768. The van der Waals surface area contributed by atoms with Gasteiger partial charge in [-0.25, -0.2) is 8.78 Å². The van der Waals surface area contributed by atoms with E-state index in [4.69, 9.17) is 11.5 Å². The van der Waals surface area contributed by atoms with E-state index in [1.165, 1.54) is 11.6 Å². The van der Waals surface area contributed by atoms with Gasteiger partial charge in [0.15, 0.2) is 11.6 Å². The van der Waals surface area contributed by atoms with E-state index in [0.717, 1.165) is 89.6 Å². The third-order valence-corrected chi connectivity index (χ3v) is 9.50. The summed E-state index contributed by atoms with van der Waals surface area (Å²) in [5, 5.41) is 7.68. The van der Waals surface area contributed by atoms with Crippen LogP contribution in [0.4, 0.5) is 8.78 Å². The Bertz CT molecular complexity index is 1150. The van der Waals surface area contributed by atoms with Crippen molar-refractivity contribution in [1.29, 1.82) is 0 Å². The molecule has 3 unspecified atom stereocenters. The Morgan fingerprint density at radius 3 is 2.19 bits per heavy atom. The van der Waals surface area contributed by atoms with Gasteiger partial charge in [-0.3, -0.25) is 4.79 Å². The predicted octanol–water partition coefficient (Wildman–Crippen LogP) is 5.29. The van der Waals surface area contributed by atoms with Gasteiger partial charge in [0.1, 0.15) is 0 Å². The lowest BCUT2D eigenvalue weighted by Crippen LogP contribution is -2.51. The first kappa shape index (κ1) is 41.0. The second kappa shape index (κ2) is 21.8. The number of likely N-dealkylation sites (N-methyl/N-ethyl adjacent to an activating group) is 2. The molecule has 0 bridgehead atoms. The maximum absolute atomic E-state index is 13.6. The van der Waals surface area contributed by atoms with E-state index in [9.17, 15) is 13.6 Å². The molecule has 2 aromatic carbocycles. The summed E-state index contributed by atoms with van der Waals surface area (Å²) in [4.78, 5) is 17.2. The number of nitrogens with two attached hydrogens (primary N) is 2. The molecule has 10 heteroatoms. The Hall–Kier alpha value is -2.14. The Morgan fingerprint density at radius 2 is 1.55 bits per heavy atom. The highest BCUT2D eigenvalue weighted by Crippen LogP contribution is 2.26. The molecule has 0 aliphatic heterocycles. The van der Waals surface area contributed by atoms with Crippen LogP contribution in [0.15, 0.2) is 48.5 Å². The maximum Gasteiger partial charge on any atom is 0.226 e. The molecule has 6 N–H and O–H groups in total. The third kappa shape index (κ3) is 14.9.